The molecule has 1 fully saturated rings. The second kappa shape index (κ2) is 5.57. The Hall–Kier alpha value is -0.620. The molecule has 1 aliphatic rings. The molecule has 6 heteroatoms. The summed E-state index contributed by atoms with van der Waals surface area (Å²) in [5, 5.41) is 9.07. The van der Waals surface area contributed by atoms with E-state index in [9.17, 15) is 13.2 Å². The van der Waals surface area contributed by atoms with Crippen LogP contribution in [0.3, 0.4) is 0 Å². The van der Waals surface area contributed by atoms with Crippen molar-refractivity contribution in [3.05, 3.63) is 0 Å². The van der Waals surface area contributed by atoms with Gasteiger partial charge in [-0.05, 0) is 32.6 Å². The Bertz CT molecular complexity index is 396. The van der Waals surface area contributed by atoms with Crippen molar-refractivity contribution in [1.29, 1.82) is 0 Å². The number of aliphatic carboxylic acids is 1. The summed E-state index contributed by atoms with van der Waals surface area (Å²) in [4.78, 5) is 11.1. The molecule has 106 valence electrons. The number of likely N-dealkylation sites (N-methyl/N-ethyl adjacent to an activating group) is 1. The van der Waals surface area contributed by atoms with Crippen molar-refractivity contribution in [2.75, 3.05) is 12.8 Å². The first-order valence-corrected chi connectivity index (χ1v) is 7.99. The largest absolute Gasteiger partial charge is 0.480 e. The molecule has 0 atom stereocenters. The summed E-state index contributed by atoms with van der Waals surface area (Å²) in [6, 6.07) is 0. The normalized spacial score (nSPS) is 19.1. The summed E-state index contributed by atoms with van der Waals surface area (Å²) in [5.41, 5.74) is -1.40. The molecule has 1 N–H and O–H groups in total. The molecule has 18 heavy (non-hydrogen) atoms. The first-order chi connectivity index (χ1) is 8.18. The quantitative estimate of drug-likeness (QED) is 0.830. The third kappa shape index (κ3) is 3.45. The van der Waals surface area contributed by atoms with Crippen LogP contribution >= 0.6 is 0 Å². The van der Waals surface area contributed by atoms with Crippen molar-refractivity contribution >= 4 is 16.0 Å². The second-order valence-electron chi connectivity index (χ2n) is 5.61. The fourth-order valence-electron chi connectivity index (χ4n) is 2.25. The molecule has 0 radical (unpaired) electrons. The summed E-state index contributed by atoms with van der Waals surface area (Å²) >= 11 is 0. The minimum absolute atomic E-state index is 0.0697. The number of carboxylic acid groups (broad SMARTS) is 1. The predicted octanol–water partition coefficient (Wildman–Crippen LogP) is 1.69. The van der Waals surface area contributed by atoms with Crippen molar-refractivity contribution in [2.24, 2.45) is 5.92 Å². The van der Waals surface area contributed by atoms with E-state index in [2.05, 4.69) is 0 Å². The lowest BCUT2D eigenvalue weighted by Gasteiger charge is -2.32. The number of hydrogen-bond donors (Lipinski definition) is 1. The molecule has 0 unspecified atom stereocenters. The van der Waals surface area contributed by atoms with Gasteiger partial charge >= 0.3 is 5.97 Å². The van der Waals surface area contributed by atoms with E-state index in [1.807, 2.05) is 0 Å². The van der Waals surface area contributed by atoms with Crippen molar-refractivity contribution in [3.63, 3.8) is 0 Å². The van der Waals surface area contributed by atoms with Crippen LogP contribution in [-0.4, -0.2) is 42.1 Å². The minimum Gasteiger partial charge on any atom is -0.480 e. The molecule has 1 rings (SSSR count). The summed E-state index contributed by atoms with van der Waals surface area (Å²) in [6.07, 6.45) is 5.19. The second-order valence-corrected chi connectivity index (χ2v) is 7.66. The van der Waals surface area contributed by atoms with Gasteiger partial charge in [0.2, 0.25) is 10.0 Å². The van der Waals surface area contributed by atoms with Gasteiger partial charge in [-0.3, -0.25) is 4.79 Å². The van der Waals surface area contributed by atoms with Gasteiger partial charge in [-0.1, -0.05) is 19.3 Å². The summed E-state index contributed by atoms with van der Waals surface area (Å²) < 4.78 is 25.4. The molecule has 0 aliphatic heterocycles. The van der Waals surface area contributed by atoms with E-state index in [0.717, 1.165) is 30.0 Å². The highest BCUT2D eigenvalue weighted by atomic mass is 32.2. The molecule has 1 saturated carbocycles. The maximum Gasteiger partial charge on any atom is 0.324 e. The Balaban J connectivity index is 2.76. The number of rotatable bonds is 5. The summed E-state index contributed by atoms with van der Waals surface area (Å²) in [6.45, 7) is 2.82. The van der Waals surface area contributed by atoms with Crippen molar-refractivity contribution in [2.45, 2.75) is 51.5 Å². The fourth-order valence-corrected chi connectivity index (χ4v) is 4.17. The van der Waals surface area contributed by atoms with E-state index >= 15 is 0 Å². The Morgan fingerprint density at radius 2 is 1.78 bits per heavy atom. The summed E-state index contributed by atoms with van der Waals surface area (Å²) in [5.74, 6) is -0.881. The third-order valence-corrected chi connectivity index (χ3v) is 6.08. The minimum atomic E-state index is -3.51. The van der Waals surface area contributed by atoms with Crippen LogP contribution in [0.15, 0.2) is 0 Å². The van der Waals surface area contributed by atoms with Crippen molar-refractivity contribution < 1.29 is 18.3 Å². The molecular weight excluding hydrogens is 254 g/mol. The van der Waals surface area contributed by atoms with Gasteiger partial charge in [0.25, 0.3) is 0 Å². The lowest BCUT2D eigenvalue weighted by atomic mass is 9.91. The van der Waals surface area contributed by atoms with Crippen LogP contribution in [0.2, 0.25) is 0 Å². The SMILES string of the molecule is CN(C(C)(C)C(=O)O)S(=O)(=O)CC1CCCCC1. The van der Waals surface area contributed by atoms with Gasteiger partial charge in [0.1, 0.15) is 5.54 Å². The molecule has 0 spiro atoms. The predicted molar refractivity (Wildman–Crippen MR) is 69.8 cm³/mol. The Kier molecular flexibility index (Phi) is 4.78. The van der Waals surface area contributed by atoms with Gasteiger partial charge in [-0.2, -0.15) is 4.31 Å². The molecule has 0 aromatic heterocycles. The van der Waals surface area contributed by atoms with E-state index in [-0.39, 0.29) is 11.7 Å². The van der Waals surface area contributed by atoms with E-state index in [1.165, 1.54) is 27.3 Å². The van der Waals surface area contributed by atoms with Crippen molar-refractivity contribution in [3.8, 4) is 0 Å². The average molecular weight is 277 g/mol. The van der Waals surface area contributed by atoms with E-state index < -0.39 is 21.5 Å². The topological polar surface area (TPSA) is 74.7 Å². The first kappa shape index (κ1) is 15.4. The maximum absolute atomic E-state index is 12.2. The fraction of sp³-hybridized carbons (Fsp3) is 0.917. The Morgan fingerprint density at radius 1 is 1.28 bits per heavy atom. The molecule has 0 saturated heterocycles. The van der Waals surface area contributed by atoms with Crippen LogP contribution in [0, 0.1) is 5.92 Å². The van der Waals surface area contributed by atoms with E-state index in [1.54, 1.807) is 0 Å². The Morgan fingerprint density at radius 3 is 2.22 bits per heavy atom. The zero-order chi connectivity index (χ0) is 14.0. The third-order valence-electron chi connectivity index (χ3n) is 3.90. The van der Waals surface area contributed by atoms with E-state index in [0.29, 0.717) is 0 Å². The van der Waals surface area contributed by atoms with E-state index in [4.69, 9.17) is 5.11 Å². The number of carboxylic acids is 1. The molecule has 5 nitrogen and oxygen atoms in total. The molecule has 0 amide bonds. The van der Waals surface area contributed by atoms with Crippen LogP contribution in [0.1, 0.15) is 46.0 Å². The zero-order valence-corrected chi connectivity index (χ0v) is 12.2. The Labute approximate surface area is 109 Å². The van der Waals surface area contributed by atoms with Gasteiger partial charge in [-0.15, -0.1) is 0 Å². The van der Waals surface area contributed by atoms with Gasteiger partial charge in [-0.25, -0.2) is 8.42 Å². The molecule has 0 aromatic rings. The highest BCUT2D eigenvalue weighted by Crippen LogP contribution is 2.27. The van der Waals surface area contributed by atoms with Gasteiger partial charge < -0.3 is 5.11 Å². The number of nitrogens with zero attached hydrogens (tertiary/aromatic N) is 1. The molecule has 0 aromatic carbocycles. The number of hydrogen-bond acceptors (Lipinski definition) is 3. The standard InChI is InChI=1S/C12H23NO4S/c1-12(2,11(14)15)13(3)18(16,17)9-10-7-5-4-6-8-10/h10H,4-9H2,1-3H3,(H,14,15). The average Bonchev–Trinajstić information content (AvgIpc) is 2.28. The van der Waals surface area contributed by atoms with Crippen LogP contribution in [-0.2, 0) is 14.8 Å². The number of carbonyl (C=O) groups is 1. The molecular formula is C12H23NO4S. The van der Waals surface area contributed by atoms with Gasteiger partial charge in [0, 0.05) is 7.05 Å². The van der Waals surface area contributed by atoms with Gasteiger partial charge in [0.15, 0.2) is 0 Å². The molecule has 0 heterocycles. The first-order valence-electron chi connectivity index (χ1n) is 6.38. The smallest absolute Gasteiger partial charge is 0.324 e. The maximum atomic E-state index is 12.2. The number of sulfonamides is 1. The van der Waals surface area contributed by atoms with Crippen LogP contribution < -0.4 is 0 Å². The van der Waals surface area contributed by atoms with Crippen molar-refractivity contribution in [1.82, 2.24) is 4.31 Å². The van der Waals surface area contributed by atoms with Crippen LogP contribution in [0.25, 0.3) is 0 Å². The molecule has 1 aliphatic carbocycles. The summed E-state index contributed by atoms with van der Waals surface area (Å²) in [7, 11) is -2.16. The highest BCUT2D eigenvalue weighted by molar-refractivity contribution is 7.89. The van der Waals surface area contributed by atoms with Crippen LogP contribution in [0.5, 0.6) is 0 Å². The zero-order valence-electron chi connectivity index (χ0n) is 11.3. The lowest BCUT2D eigenvalue weighted by Crippen LogP contribution is -2.51. The lowest BCUT2D eigenvalue weighted by molar-refractivity contribution is -0.145. The van der Waals surface area contributed by atoms with Crippen LogP contribution in [0.4, 0.5) is 0 Å². The van der Waals surface area contributed by atoms with Gasteiger partial charge in [0.05, 0.1) is 5.75 Å². The highest BCUT2D eigenvalue weighted by Gasteiger charge is 2.40. The monoisotopic (exact) mass is 277 g/mol. The molecule has 0 bridgehead atoms.